The van der Waals surface area contributed by atoms with Gasteiger partial charge < -0.3 is 10.2 Å². The fourth-order valence-electron chi connectivity index (χ4n) is 4.45. The van der Waals surface area contributed by atoms with Crippen molar-refractivity contribution in [3.8, 4) is 0 Å². The van der Waals surface area contributed by atoms with Crippen LogP contribution < -0.4 is 5.32 Å². The van der Waals surface area contributed by atoms with E-state index in [-0.39, 0.29) is 18.1 Å². The Kier molecular flexibility index (Phi) is 7.86. The molecule has 0 saturated carbocycles. The van der Waals surface area contributed by atoms with E-state index in [9.17, 15) is 9.59 Å². The molecule has 5 nitrogen and oxygen atoms in total. The van der Waals surface area contributed by atoms with E-state index in [2.05, 4.69) is 40.6 Å². The minimum atomic E-state index is 0.0723. The third-order valence-electron chi connectivity index (χ3n) is 6.43. The summed E-state index contributed by atoms with van der Waals surface area (Å²) in [5.41, 5.74) is 4.55. The Labute approximate surface area is 191 Å². The zero-order valence-corrected chi connectivity index (χ0v) is 18.8. The molecule has 1 saturated heterocycles. The molecule has 0 bridgehead atoms. The van der Waals surface area contributed by atoms with Gasteiger partial charge in [-0.2, -0.15) is 0 Å². The van der Waals surface area contributed by atoms with Gasteiger partial charge in [0.25, 0.3) is 0 Å². The van der Waals surface area contributed by atoms with E-state index in [0.717, 1.165) is 64.2 Å². The molecule has 0 aliphatic carbocycles. The lowest BCUT2D eigenvalue weighted by Gasteiger charge is -2.34. The standard InChI is InChI=1S/C27H33N3O2/c31-26(25-9-8-23-12-14-28-15-13-24(23)21-25)10-11-27(32)30-19-17-29(18-20-30)16-4-7-22-5-2-1-3-6-22/h1-9,21,28H,10-20H2/b7-4+. The molecule has 2 aliphatic rings. The summed E-state index contributed by atoms with van der Waals surface area (Å²) in [6.07, 6.45) is 6.88. The van der Waals surface area contributed by atoms with Crippen molar-refractivity contribution in [1.29, 1.82) is 0 Å². The smallest absolute Gasteiger partial charge is 0.223 e. The van der Waals surface area contributed by atoms with Crippen molar-refractivity contribution in [2.24, 2.45) is 0 Å². The normalized spacial score (nSPS) is 17.2. The largest absolute Gasteiger partial charge is 0.340 e. The highest BCUT2D eigenvalue weighted by Gasteiger charge is 2.21. The number of ketones is 1. The average molecular weight is 432 g/mol. The van der Waals surface area contributed by atoms with Gasteiger partial charge >= 0.3 is 0 Å². The zero-order chi connectivity index (χ0) is 22.2. The molecule has 0 spiro atoms. The second kappa shape index (κ2) is 11.2. The molecule has 5 heteroatoms. The molecule has 2 heterocycles. The topological polar surface area (TPSA) is 52.7 Å². The predicted molar refractivity (Wildman–Crippen MR) is 129 cm³/mol. The van der Waals surface area contributed by atoms with Crippen LogP contribution in [0, 0.1) is 0 Å². The first kappa shape index (κ1) is 22.4. The number of nitrogens with zero attached hydrogens (tertiary/aromatic N) is 2. The van der Waals surface area contributed by atoms with Crippen molar-refractivity contribution < 1.29 is 9.59 Å². The minimum absolute atomic E-state index is 0.0723. The number of hydrogen-bond acceptors (Lipinski definition) is 4. The molecule has 0 unspecified atom stereocenters. The number of amides is 1. The summed E-state index contributed by atoms with van der Waals surface area (Å²) >= 11 is 0. The second-order valence-corrected chi connectivity index (χ2v) is 8.65. The molecule has 1 N–H and O–H groups in total. The number of fused-ring (bicyclic) bond motifs is 1. The lowest BCUT2D eigenvalue weighted by molar-refractivity contribution is -0.132. The van der Waals surface area contributed by atoms with Crippen LogP contribution in [0.25, 0.3) is 6.08 Å². The zero-order valence-electron chi connectivity index (χ0n) is 18.8. The lowest BCUT2D eigenvalue weighted by Crippen LogP contribution is -2.48. The summed E-state index contributed by atoms with van der Waals surface area (Å²) in [7, 11) is 0. The van der Waals surface area contributed by atoms with Gasteiger partial charge in [0.05, 0.1) is 0 Å². The monoisotopic (exact) mass is 431 g/mol. The van der Waals surface area contributed by atoms with Gasteiger partial charge in [-0.25, -0.2) is 0 Å². The van der Waals surface area contributed by atoms with E-state index in [1.54, 1.807) is 0 Å². The number of piperazine rings is 1. The van der Waals surface area contributed by atoms with E-state index >= 15 is 0 Å². The molecule has 168 valence electrons. The van der Waals surface area contributed by atoms with Gasteiger partial charge in [-0.1, -0.05) is 54.6 Å². The van der Waals surface area contributed by atoms with E-state index in [0.29, 0.717) is 6.42 Å². The molecule has 2 aromatic rings. The molecule has 32 heavy (non-hydrogen) atoms. The molecule has 1 fully saturated rings. The van der Waals surface area contributed by atoms with Gasteiger partial charge in [0.1, 0.15) is 0 Å². The third kappa shape index (κ3) is 6.15. The molecule has 0 radical (unpaired) electrons. The number of benzene rings is 2. The maximum Gasteiger partial charge on any atom is 0.223 e. The number of hydrogen-bond donors (Lipinski definition) is 1. The van der Waals surface area contributed by atoms with Crippen LogP contribution in [0.4, 0.5) is 0 Å². The minimum Gasteiger partial charge on any atom is -0.340 e. The Morgan fingerprint density at radius 2 is 1.62 bits per heavy atom. The van der Waals surface area contributed by atoms with Crippen molar-refractivity contribution >= 4 is 17.8 Å². The molecule has 1 amide bonds. The summed E-state index contributed by atoms with van der Waals surface area (Å²) < 4.78 is 0. The molecule has 0 atom stereocenters. The Bertz CT molecular complexity index is 947. The van der Waals surface area contributed by atoms with Gasteiger partial charge in [-0.15, -0.1) is 0 Å². The Morgan fingerprint density at radius 3 is 2.41 bits per heavy atom. The first-order valence-electron chi connectivity index (χ1n) is 11.8. The van der Waals surface area contributed by atoms with Crippen molar-refractivity contribution in [3.05, 3.63) is 76.9 Å². The quantitative estimate of drug-likeness (QED) is 0.684. The summed E-state index contributed by atoms with van der Waals surface area (Å²) in [6, 6.07) is 16.3. The summed E-state index contributed by atoms with van der Waals surface area (Å²) in [4.78, 5) is 29.6. The Balaban J connectivity index is 1.20. The highest BCUT2D eigenvalue weighted by Crippen LogP contribution is 2.17. The highest BCUT2D eigenvalue weighted by atomic mass is 16.2. The lowest BCUT2D eigenvalue weighted by atomic mass is 9.97. The number of nitrogens with one attached hydrogen (secondary N) is 1. The highest BCUT2D eigenvalue weighted by molar-refractivity contribution is 5.98. The maximum absolute atomic E-state index is 12.7. The second-order valence-electron chi connectivity index (χ2n) is 8.65. The molecular weight excluding hydrogens is 398 g/mol. The fourth-order valence-corrected chi connectivity index (χ4v) is 4.45. The van der Waals surface area contributed by atoms with Gasteiger partial charge in [0.2, 0.25) is 5.91 Å². The van der Waals surface area contributed by atoms with Crippen molar-refractivity contribution in [1.82, 2.24) is 15.1 Å². The van der Waals surface area contributed by atoms with Crippen LogP contribution >= 0.6 is 0 Å². The van der Waals surface area contributed by atoms with Crippen molar-refractivity contribution in [2.45, 2.75) is 25.7 Å². The molecule has 2 aliphatic heterocycles. The summed E-state index contributed by atoms with van der Waals surface area (Å²) in [5.74, 6) is 0.167. The fraction of sp³-hybridized carbons (Fsp3) is 0.407. The van der Waals surface area contributed by atoms with Crippen LogP contribution in [0.1, 0.15) is 39.9 Å². The molecule has 2 aromatic carbocycles. The van der Waals surface area contributed by atoms with E-state index < -0.39 is 0 Å². The molecule has 4 rings (SSSR count). The van der Waals surface area contributed by atoms with Crippen LogP contribution in [0.3, 0.4) is 0 Å². The van der Waals surface area contributed by atoms with E-state index in [1.165, 1.54) is 16.7 Å². The van der Waals surface area contributed by atoms with Crippen molar-refractivity contribution in [3.63, 3.8) is 0 Å². The maximum atomic E-state index is 12.7. The van der Waals surface area contributed by atoms with Crippen molar-refractivity contribution in [2.75, 3.05) is 45.8 Å². The molecular formula is C27H33N3O2. The predicted octanol–water partition coefficient (Wildman–Crippen LogP) is 3.20. The Morgan fingerprint density at radius 1 is 0.875 bits per heavy atom. The first-order valence-corrected chi connectivity index (χ1v) is 11.8. The van der Waals surface area contributed by atoms with Gasteiger partial charge in [-0.3, -0.25) is 14.5 Å². The summed E-state index contributed by atoms with van der Waals surface area (Å²) in [6.45, 7) is 6.05. The van der Waals surface area contributed by atoms with Crippen LogP contribution in [-0.4, -0.2) is 67.3 Å². The molecule has 0 aromatic heterocycles. The Hall–Kier alpha value is -2.76. The van der Waals surface area contributed by atoms with Crippen LogP contribution in [0.2, 0.25) is 0 Å². The van der Waals surface area contributed by atoms with Crippen LogP contribution in [0.15, 0.2) is 54.6 Å². The number of carbonyl (C=O) groups is 2. The third-order valence-corrected chi connectivity index (χ3v) is 6.43. The van der Waals surface area contributed by atoms with E-state index in [4.69, 9.17) is 0 Å². The van der Waals surface area contributed by atoms with Gasteiger partial charge in [-0.05, 0) is 48.7 Å². The van der Waals surface area contributed by atoms with E-state index in [1.807, 2.05) is 35.2 Å². The SMILES string of the molecule is O=C(CCC(=O)N1CCN(C/C=C/c2ccccc2)CC1)c1ccc2c(c1)CCNCC2. The average Bonchev–Trinajstić information content (AvgIpc) is 3.08. The van der Waals surface area contributed by atoms with Crippen LogP contribution in [0.5, 0.6) is 0 Å². The van der Waals surface area contributed by atoms with Gasteiger partial charge in [0.15, 0.2) is 5.78 Å². The van der Waals surface area contributed by atoms with Crippen LogP contribution in [-0.2, 0) is 17.6 Å². The number of Topliss-reactive ketones (excluding diaryl/α,β-unsaturated/α-hetero) is 1. The van der Waals surface area contributed by atoms with Gasteiger partial charge in [0, 0.05) is 51.1 Å². The first-order chi connectivity index (χ1) is 15.7. The number of carbonyl (C=O) groups excluding carboxylic acids is 2. The number of rotatable bonds is 7. The summed E-state index contributed by atoms with van der Waals surface area (Å²) in [5, 5.41) is 3.40.